The van der Waals surface area contributed by atoms with E-state index in [4.69, 9.17) is 15.2 Å². The normalized spacial score (nSPS) is 11.0. The molecule has 0 saturated heterocycles. The first kappa shape index (κ1) is 16.3. The molecule has 2 rings (SSSR count). The molecule has 0 spiro atoms. The topological polar surface area (TPSA) is 78.5 Å². The molecule has 2 aromatic rings. The second-order valence-electron chi connectivity index (χ2n) is 4.96. The number of ether oxygens (including phenoxy) is 2. The van der Waals surface area contributed by atoms with Gasteiger partial charge in [0.25, 0.3) is 5.56 Å². The van der Waals surface area contributed by atoms with Crippen molar-refractivity contribution in [3.05, 3.63) is 34.6 Å². The molecule has 0 radical (unpaired) electrons. The number of nitrogens with one attached hydrogen (secondary N) is 1. The average Bonchev–Trinajstić information content (AvgIpc) is 2.50. The van der Waals surface area contributed by atoms with Crippen molar-refractivity contribution in [1.29, 1.82) is 0 Å². The summed E-state index contributed by atoms with van der Waals surface area (Å²) in [5.41, 5.74) is 8.17. The molecule has 0 amide bonds. The van der Waals surface area contributed by atoms with E-state index in [2.05, 4.69) is 5.32 Å². The van der Waals surface area contributed by atoms with Crippen LogP contribution in [0.15, 0.2) is 29.1 Å². The van der Waals surface area contributed by atoms with Crippen molar-refractivity contribution in [3.8, 4) is 0 Å². The monoisotopic (exact) mass is 305 g/mol. The van der Waals surface area contributed by atoms with Gasteiger partial charge < -0.3 is 25.1 Å². The van der Waals surface area contributed by atoms with Crippen LogP contribution in [-0.2, 0) is 16.0 Å². The maximum absolute atomic E-state index is 12.3. The summed E-state index contributed by atoms with van der Waals surface area (Å²) in [6, 6.07) is 7.18. The van der Waals surface area contributed by atoms with Gasteiger partial charge in [0.2, 0.25) is 0 Å². The van der Waals surface area contributed by atoms with Crippen molar-refractivity contribution in [2.45, 2.75) is 13.5 Å². The highest BCUT2D eigenvalue weighted by Gasteiger charge is 2.09. The summed E-state index contributed by atoms with van der Waals surface area (Å²) >= 11 is 0. The van der Waals surface area contributed by atoms with E-state index in [1.54, 1.807) is 23.8 Å². The van der Waals surface area contributed by atoms with Crippen molar-refractivity contribution >= 4 is 22.3 Å². The molecule has 0 fully saturated rings. The number of fused-ring (bicyclic) bond motifs is 1. The molecule has 0 unspecified atom stereocenters. The number of pyridine rings is 1. The van der Waals surface area contributed by atoms with Crippen LogP contribution in [-0.4, -0.2) is 38.0 Å². The van der Waals surface area contributed by atoms with Gasteiger partial charge in [-0.15, -0.1) is 0 Å². The third kappa shape index (κ3) is 3.78. The Bertz CT molecular complexity index is 682. The lowest BCUT2D eigenvalue weighted by atomic mass is 10.1. The highest BCUT2D eigenvalue weighted by atomic mass is 16.5. The Morgan fingerprint density at radius 2 is 2.05 bits per heavy atom. The van der Waals surface area contributed by atoms with E-state index in [-0.39, 0.29) is 5.56 Å². The van der Waals surface area contributed by atoms with Crippen LogP contribution < -0.4 is 16.6 Å². The predicted molar refractivity (Wildman–Crippen MR) is 89.5 cm³/mol. The molecular formula is C16H23N3O3. The molecule has 120 valence electrons. The standard InChI is InChI=1S/C16H23N3O3/c1-3-18-14-11-16(20)19(6-7-22-9-8-21-2)15-5-4-12(17)10-13(14)15/h4-5,10-11,18H,3,6-9,17H2,1-2H3. The zero-order valence-electron chi connectivity index (χ0n) is 13.1. The lowest BCUT2D eigenvalue weighted by Crippen LogP contribution is -2.23. The minimum absolute atomic E-state index is 0.0523. The lowest BCUT2D eigenvalue weighted by molar-refractivity contribution is 0.0667. The van der Waals surface area contributed by atoms with Crippen LogP contribution in [0.1, 0.15) is 6.92 Å². The van der Waals surface area contributed by atoms with E-state index in [0.717, 1.165) is 23.1 Å². The summed E-state index contributed by atoms with van der Waals surface area (Å²) in [5.74, 6) is 0. The van der Waals surface area contributed by atoms with Gasteiger partial charge in [-0.05, 0) is 25.1 Å². The molecule has 6 heteroatoms. The van der Waals surface area contributed by atoms with Crippen LogP contribution in [0.25, 0.3) is 10.9 Å². The summed E-state index contributed by atoms with van der Waals surface area (Å²) in [5, 5.41) is 4.16. The van der Waals surface area contributed by atoms with Gasteiger partial charge in [0, 0.05) is 43.0 Å². The Morgan fingerprint density at radius 1 is 1.23 bits per heavy atom. The predicted octanol–water partition coefficient (Wildman–Crippen LogP) is 1.68. The van der Waals surface area contributed by atoms with Gasteiger partial charge in [-0.1, -0.05) is 0 Å². The van der Waals surface area contributed by atoms with Crippen LogP contribution in [0.2, 0.25) is 0 Å². The summed E-state index contributed by atoms with van der Waals surface area (Å²) < 4.78 is 12.1. The van der Waals surface area contributed by atoms with E-state index < -0.39 is 0 Å². The summed E-state index contributed by atoms with van der Waals surface area (Å²) in [7, 11) is 1.63. The fourth-order valence-corrected chi connectivity index (χ4v) is 2.37. The number of aromatic nitrogens is 1. The number of anilines is 2. The summed E-state index contributed by atoms with van der Waals surface area (Å²) in [6.07, 6.45) is 0. The fourth-order valence-electron chi connectivity index (χ4n) is 2.37. The van der Waals surface area contributed by atoms with E-state index in [9.17, 15) is 4.79 Å². The minimum Gasteiger partial charge on any atom is -0.399 e. The SMILES string of the molecule is CCNc1cc(=O)n(CCOCCOC)c2ccc(N)cc12. The third-order valence-corrected chi connectivity index (χ3v) is 3.39. The van der Waals surface area contributed by atoms with E-state index in [1.165, 1.54) is 0 Å². The number of benzene rings is 1. The Hall–Kier alpha value is -2.05. The van der Waals surface area contributed by atoms with Gasteiger partial charge in [0.15, 0.2) is 0 Å². The Balaban J connectivity index is 2.31. The number of nitrogens with zero attached hydrogens (tertiary/aromatic N) is 1. The first-order valence-electron chi connectivity index (χ1n) is 7.41. The van der Waals surface area contributed by atoms with Crippen LogP contribution in [0.4, 0.5) is 11.4 Å². The maximum Gasteiger partial charge on any atom is 0.253 e. The van der Waals surface area contributed by atoms with Crippen molar-refractivity contribution in [3.63, 3.8) is 0 Å². The maximum atomic E-state index is 12.3. The largest absolute Gasteiger partial charge is 0.399 e. The molecule has 0 saturated carbocycles. The molecule has 3 N–H and O–H groups in total. The van der Waals surface area contributed by atoms with Crippen LogP contribution in [0.3, 0.4) is 0 Å². The zero-order chi connectivity index (χ0) is 15.9. The van der Waals surface area contributed by atoms with Crippen molar-refractivity contribution in [1.82, 2.24) is 4.57 Å². The summed E-state index contributed by atoms with van der Waals surface area (Å²) in [6.45, 7) is 4.76. The smallest absolute Gasteiger partial charge is 0.253 e. The number of nitrogen functional groups attached to an aromatic ring is 1. The van der Waals surface area contributed by atoms with Gasteiger partial charge in [0.1, 0.15) is 0 Å². The van der Waals surface area contributed by atoms with Crippen LogP contribution in [0, 0.1) is 0 Å². The first-order valence-corrected chi connectivity index (χ1v) is 7.41. The van der Waals surface area contributed by atoms with Crippen molar-refractivity contribution in [2.75, 3.05) is 44.5 Å². The number of hydrogen-bond donors (Lipinski definition) is 2. The molecular weight excluding hydrogens is 282 g/mol. The quantitative estimate of drug-likeness (QED) is 0.573. The molecule has 0 atom stereocenters. The fraction of sp³-hybridized carbons (Fsp3) is 0.438. The van der Waals surface area contributed by atoms with Gasteiger partial charge in [0.05, 0.1) is 25.3 Å². The van der Waals surface area contributed by atoms with E-state index in [1.807, 2.05) is 19.1 Å². The highest BCUT2D eigenvalue weighted by Crippen LogP contribution is 2.23. The zero-order valence-corrected chi connectivity index (χ0v) is 13.1. The molecule has 0 aliphatic heterocycles. The molecule has 1 heterocycles. The second kappa shape index (κ2) is 7.82. The van der Waals surface area contributed by atoms with E-state index >= 15 is 0 Å². The minimum atomic E-state index is -0.0523. The molecule has 1 aromatic carbocycles. The highest BCUT2D eigenvalue weighted by molar-refractivity contribution is 5.93. The number of hydrogen-bond acceptors (Lipinski definition) is 5. The van der Waals surface area contributed by atoms with Gasteiger partial charge >= 0.3 is 0 Å². The van der Waals surface area contributed by atoms with Crippen molar-refractivity contribution < 1.29 is 9.47 Å². The lowest BCUT2D eigenvalue weighted by Gasteiger charge is -2.15. The molecule has 22 heavy (non-hydrogen) atoms. The summed E-state index contributed by atoms with van der Waals surface area (Å²) in [4.78, 5) is 12.3. The Kier molecular flexibility index (Phi) is 5.80. The van der Waals surface area contributed by atoms with E-state index in [0.29, 0.717) is 32.1 Å². The van der Waals surface area contributed by atoms with Gasteiger partial charge in [-0.3, -0.25) is 4.79 Å². The number of methoxy groups -OCH3 is 1. The molecule has 1 aromatic heterocycles. The Labute approximate surface area is 129 Å². The third-order valence-electron chi connectivity index (χ3n) is 3.39. The van der Waals surface area contributed by atoms with Gasteiger partial charge in [-0.25, -0.2) is 0 Å². The second-order valence-corrected chi connectivity index (χ2v) is 4.96. The number of nitrogens with two attached hydrogens (primary N) is 1. The Morgan fingerprint density at radius 3 is 2.77 bits per heavy atom. The first-order chi connectivity index (χ1) is 10.7. The van der Waals surface area contributed by atoms with Crippen LogP contribution in [0.5, 0.6) is 0 Å². The molecule has 6 nitrogen and oxygen atoms in total. The number of rotatable bonds is 8. The molecule has 0 aliphatic rings. The molecule has 0 aliphatic carbocycles. The van der Waals surface area contributed by atoms with Crippen LogP contribution >= 0.6 is 0 Å². The van der Waals surface area contributed by atoms with Gasteiger partial charge in [-0.2, -0.15) is 0 Å². The van der Waals surface area contributed by atoms with Crippen molar-refractivity contribution in [2.24, 2.45) is 0 Å². The molecule has 0 bridgehead atoms. The average molecular weight is 305 g/mol.